The van der Waals surface area contributed by atoms with E-state index in [0.29, 0.717) is 17.8 Å². The fourth-order valence-electron chi connectivity index (χ4n) is 4.72. The Kier molecular flexibility index (Phi) is 5.69. The second kappa shape index (κ2) is 8.21. The third-order valence-corrected chi connectivity index (χ3v) is 6.09. The fourth-order valence-corrected chi connectivity index (χ4v) is 4.72. The molecule has 2 aromatic rings. The summed E-state index contributed by atoms with van der Waals surface area (Å²) in [7, 11) is 0. The van der Waals surface area contributed by atoms with Crippen molar-refractivity contribution in [2.45, 2.75) is 70.6 Å². The van der Waals surface area contributed by atoms with Gasteiger partial charge in [-0.3, -0.25) is 14.4 Å². The van der Waals surface area contributed by atoms with Crippen molar-refractivity contribution in [2.24, 2.45) is 0 Å². The molecule has 28 heavy (non-hydrogen) atoms. The van der Waals surface area contributed by atoms with Crippen LogP contribution in [0.1, 0.15) is 63.0 Å². The molecule has 2 bridgehead atoms. The zero-order valence-electron chi connectivity index (χ0n) is 17.2. The highest BCUT2D eigenvalue weighted by atomic mass is 16.5. The van der Waals surface area contributed by atoms with Crippen LogP contribution in [0.15, 0.2) is 24.3 Å². The quantitative estimate of drug-likeness (QED) is 0.829. The maximum Gasteiger partial charge on any atom is 0.272 e. The first-order valence-corrected chi connectivity index (χ1v) is 10.7. The van der Waals surface area contributed by atoms with Gasteiger partial charge in [-0.05, 0) is 45.7 Å². The summed E-state index contributed by atoms with van der Waals surface area (Å²) in [5.74, 6) is -0.0541. The highest BCUT2D eigenvalue weighted by Gasteiger charge is 2.39. The van der Waals surface area contributed by atoms with E-state index in [2.05, 4.69) is 36.1 Å². The molecule has 2 aliphatic heterocycles. The van der Waals surface area contributed by atoms with Gasteiger partial charge >= 0.3 is 0 Å². The van der Waals surface area contributed by atoms with Gasteiger partial charge in [-0.2, -0.15) is 5.10 Å². The Bertz CT molecular complexity index is 817. The van der Waals surface area contributed by atoms with Crippen LogP contribution in [-0.4, -0.2) is 58.5 Å². The van der Waals surface area contributed by atoms with Gasteiger partial charge in [0, 0.05) is 29.6 Å². The highest BCUT2D eigenvalue weighted by molar-refractivity contribution is 6.05. The third kappa shape index (κ3) is 3.67. The molecule has 2 saturated heterocycles. The molecule has 1 aromatic heterocycles. The molecule has 2 aliphatic rings. The number of aromatic nitrogens is 2. The van der Waals surface area contributed by atoms with Gasteiger partial charge < -0.3 is 10.1 Å². The predicted molar refractivity (Wildman–Crippen MR) is 111 cm³/mol. The molecule has 6 nitrogen and oxygen atoms in total. The van der Waals surface area contributed by atoms with Crippen LogP contribution >= 0.6 is 0 Å². The molecule has 0 radical (unpaired) electrons. The lowest BCUT2D eigenvalue weighted by Gasteiger charge is -2.48. The van der Waals surface area contributed by atoms with Gasteiger partial charge in [-0.15, -0.1) is 0 Å². The number of morpholine rings is 1. The number of fused-ring (bicyclic) bond motifs is 3. The summed E-state index contributed by atoms with van der Waals surface area (Å²) < 4.78 is 7.75. The second-order valence-electron chi connectivity index (χ2n) is 8.48. The lowest BCUT2D eigenvalue weighted by atomic mass is 9.89. The van der Waals surface area contributed by atoms with Gasteiger partial charge in [0.2, 0.25) is 0 Å². The molecule has 1 N–H and O–H groups in total. The van der Waals surface area contributed by atoms with E-state index < -0.39 is 0 Å². The minimum Gasteiger partial charge on any atom is -0.378 e. The molecule has 0 unspecified atom stereocenters. The van der Waals surface area contributed by atoms with E-state index in [0.717, 1.165) is 43.5 Å². The number of unbranched alkanes of at least 4 members (excludes halogenated alkanes) is 1. The van der Waals surface area contributed by atoms with E-state index in [1.54, 1.807) is 0 Å². The molecule has 1 aromatic carbocycles. The van der Waals surface area contributed by atoms with E-state index in [-0.39, 0.29) is 18.0 Å². The van der Waals surface area contributed by atoms with Gasteiger partial charge in [-0.25, -0.2) is 0 Å². The zero-order chi connectivity index (χ0) is 19.7. The Balaban J connectivity index is 1.50. The summed E-state index contributed by atoms with van der Waals surface area (Å²) in [5, 5.41) is 8.87. The number of carbonyl (C=O) groups is 1. The molecule has 2 fully saturated rings. The first kappa shape index (κ1) is 19.4. The SMILES string of the molecule is CCCCN1[C@@H]2COC[C@H]1C[C@@H](NC(=O)c1nn(C(C)C)c3ccccc13)C2. The number of piperidine rings is 1. The Morgan fingerprint density at radius 3 is 2.64 bits per heavy atom. The van der Waals surface area contributed by atoms with Gasteiger partial charge in [0.25, 0.3) is 5.91 Å². The number of hydrogen-bond donors (Lipinski definition) is 1. The van der Waals surface area contributed by atoms with E-state index in [1.807, 2.05) is 28.9 Å². The van der Waals surface area contributed by atoms with Crippen molar-refractivity contribution in [3.8, 4) is 0 Å². The van der Waals surface area contributed by atoms with Crippen LogP contribution in [0.3, 0.4) is 0 Å². The van der Waals surface area contributed by atoms with Crippen molar-refractivity contribution in [1.29, 1.82) is 0 Å². The monoisotopic (exact) mass is 384 g/mol. The summed E-state index contributed by atoms with van der Waals surface area (Å²) in [6, 6.07) is 9.22. The number of nitrogens with zero attached hydrogens (tertiary/aromatic N) is 3. The maximum absolute atomic E-state index is 13.1. The number of para-hydroxylation sites is 1. The van der Waals surface area contributed by atoms with Crippen molar-refractivity contribution in [1.82, 2.24) is 20.0 Å². The van der Waals surface area contributed by atoms with Crippen LogP contribution in [0, 0.1) is 0 Å². The number of carbonyl (C=O) groups excluding carboxylic acids is 1. The summed E-state index contributed by atoms with van der Waals surface area (Å²) in [6.45, 7) is 9.11. The molecule has 0 saturated carbocycles. The van der Waals surface area contributed by atoms with Crippen molar-refractivity contribution in [2.75, 3.05) is 19.8 Å². The van der Waals surface area contributed by atoms with Crippen LogP contribution in [0.5, 0.6) is 0 Å². The summed E-state index contributed by atoms with van der Waals surface area (Å²) in [5.41, 5.74) is 1.56. The van der Waals surface area contributed by atoms with Crippen LogP contribution in [0.25, 0.3) is 10.9 Å². The lowest BCUT2D eigenvalue weighted by molar-refractivity contribution is -0.0802. The van der Waals surface area contributed by atoms with Crippen LogP contribution in [0.2, 0.25) is 0 Å². The van der Waals surface area contributed by atoms with Crippen molar-refractivity contribution >= 4 is 16.8 Å². The van der Waals surface area contributed by atoms with E-state index in [9.17, 15) is 4.79 Å². The van der Waals surface area contributed by atoms with Crippen molar-refractivity contribution < 1.29 is 9.53 Å². The molecule has 4 rings (SSSR count). The average molecular weight is 385 g/mol. The van der Waals surface area contributed by atoms with E-state index in [1.165, 1.54) is 12.8 Å². The lowest BCUT2D eigenvalue weighted by Crippen LogP contribution is -2.60. The third-order valence-electron chi connectivity index (χ3n) is 6.09. The molecule has 1 amide bonds. The first-order chi connectivity index (χ1) is 13.6. The Hall–Kier alpha value is -1.92. The summed E-state index contributed by atoms with van der Waals surface area (Å²) in [4.78, 5) is 15.7. The number of ether oxygens (including phenoxy) is 1. The predicted octanol–water partition coefficient (Wildman–Crippen LogP) is 3.38. The number of amides is 1. The normalized spacial score (nSPS) is 25.4. The van der Waals surface area contributed by atoms with Gasteiger partial charge in [-0.1, -0.05) is 31.5 Å². The molecule has 3 heterocycles. The second-order valence-corrected chi connectivity index (χ2v) is 8.48. The van der Waals surface area contributed by atoms with Crippen LogP contribution in [0.4, 0.5) is 0 Å². The summed E-state index contributed by atoms with van der Waals surface area (Å²) >= 11 is 0. The number of benzene rings is 1. The molecule has 6 heteroatoms. The van der Waals surface area contributed by atoms with Crippen LogP contribution in [-0.2, 0) is 4.74 Å². The van der Waals surface area contributed by atoms with Gasteiger partial charge in [0.1, 0.15) is 0 Å². The standard InChI is InChI=1S/C22H32N4O2/c1-4-5-10-25-17-11-16(12-18(25)14-28-13-17)23-22(27)21-19-8-6-7-9-20(19)26(24-21)15(2)3/h6-9,15-18H,4-5,10-14H2,1-3H3,(H,23,27)/t16-,17-,18+. The average Bonchev–Trinajstić information content (AvgIpc) is 3.06. The van der Waals surface area contributed by atoms with Gasteiger partial charge in [0.15, 0.2) is 5.69 Å². The minimum atomic E-state index is -0.0541. The smallest absolute Gasteiger partial charge is 0.272 e. The molecule has 0 aliphatic carbocycles. The van der Waals surface area contributed by atoms with Crippen LogP contribution < -0.4 is 5.32 Å². The Morgan fingerprint density at radius 1 is 1.25 bits per heavy atom. The van der Waals surface area contributed by atoms with Gasteiger partial charge in [0.05, 0.1) is 18.7 Å². The first-order valence-electron chi connectivity index (χ1n) is 10.7. The molecular formula is C22H32N4O2. The number of hydrogen-bond acceptors (Lipinski definition) is 4. The summed E-state index contributed by atoms with van der Waals surface area (Å²) in [6.07, 6.45) is 4.34. The molecular weight excluding hydrogens is 352 g/mol. The zero-order valence-corrected chi connectivity index (χ0v) is 17.2. The van der Waals surface area contributed by atoms with Crippen molar-refractivity contribution in [3.05, 3.63) is 30.0 Å². The topological polar surface area (TPSA) is 59.4 Å². The molecule has 3 atom stereocenters. The Labute approximate surface area is 167 Å². The number of rotatable bonds is 6. The van der Waals surface area contributed by atoms with E-state index >= 15 is 0 Å². The highest BCUT2D eigenvalue weighted by Crippen LogP contribution is 2.29. The molecule has 152 valence electrons. The van der Waals surface area contributed by atoms with Crippen molar-refractivity contribution in [3.63, 3.8) is 0 Å². The maximum atomic E-state index is 13.1. The fraction of sp³-hybridized carbons (Fsp3) is 0.636. The Morgan fingerprint density at radius 2 is 1.96 bits per heavy atom. The van der Waals surface area contributed by atoms with E-state index in [4.69, 9.17) is 4.74 Å². The largest absolute Gasteiger partial charge is 0.378 e. The minimum absolute atomic E-state index is 0.0541. The number of nitrogens with one attached hydrogen (secondary N) is 1. The molecule has 0 spiro atoms.